The van der Waals surface area contributed by atoms with Gasteiger partial charge in [0.05, 0.1) is 11.2 Å². The first-order chi connectivity index (χ1) is 10.1. The highest BCUT2D eigenvalue weighted by atomic mass is 16.6. The summed E-state index contributed by atoms with van der Waals surface area (Å²) < 4.78 is 5.49. The van der Waals surface area contributed by atoms with E-state index in [1.807, 2.05) is 24.3 Å². The lowest BCUT2D eigenvalue weighted by Crippen LogP contribution is -2.12. The minimum absolute atomic E-state index is 0.0843. The summed E-state index contributed by atoms with van der Waals surface area (Å²) in [6.07, 6.45) is 2.28. The van der Waals surface area contributed by atoms with E-state index in [0.717, 1.165) is 22.1 Å². The normalized spacial score (nSPS) is 12.4. The Labute approximate surface area is 121 Å². The van der Waals surface area contributed by atoms with Crippen LogP contribution >= 0.6 is 0 Å². The third-order valence-corrected chi connectivity index (χ3v) is 3.51. The van der Waals surface area contributed by atoms with Crippen molar-refractivity contribution in [2.45, 2.75) is 12.5 Å². The molecular weight excluding hydrogens is 268 g/mol. The van der Waals surface area contributed by atoms with Crippen LogP contribution in [0.3, 0.4) is 0 Å². The van der Waals surface area contributed by atoms with Crippen molar-refractivity contribution in [1.82, 2.24) is 0 Å². The molecular formula is C16H14N2O3. The second-order valence-electron chi connectivity index (χ2n) is 4.92. The summed E-state index contributed by atoms with van der Waals surface area (Å²) in [4.78, 5) is 10.2. The molecule has 0 spiro atoms. The van der Waals surface area contributed by atoms with Crippen LogP contribution in [-0.2, 0) is 6.42 Å². The first-order valence-corrected chi connectivity index (χ1v) is 6.60. The Balaban J connectivity index is 1.82. The minimum Gasteiger partial charge on any atom is -0.464 e. The molecule has 0 aliphatic carbocycles. The van der Waals surface area contributed by atoms with Gasteiger partial charge in [-0.25, -0.2) is 0 Å². The molecule has 0 aliphatic rings. The van der Waals surface area contributed by atoms with E-state index in [-0.39, 0.29) is 11.7 Å². The Kier molecular flexibility index (Phi) is 3.41. The quantitative estimate of drug-likeness (QED) is 0.585. The molecule has 21 heavy (non-hydrogen) atoms. The van der Waals surface area contributed by atoms with E-state index in [0.29, 0.717) is 6.42 Å². The Morgan fingerprint density at radius 1 is 1.14 bits per heavy atom. The highest BCUT2D eigenvalue weighted by Gasteiger charge is 2.14. The molecule has 0 aliphatic heterocycles. The molecule has 106 valence electrons. The molecule has 1 aromatic heterocycles. The van der Waals surface area contributed by atoms with E-state index in [1.54, 1.807) is 18.4 Å². The molecule has 1 atom stereocenters. The Morgan fingerprint density at radius 2 is 1.86 bits per heavy atom. The van der Waals surface area contributed by atoms with Crippen LogP contribution in [0.4, 0.5) is 5.69 Å². The lowest BCUT2D eigenvalue weighted by molar-refractivity contribution is -0.384. The second-order valence-corrected chi connectivity index (χ2v) is 4.92. The number of nitro benzene ring substituents is 1. The molecule has 2 N–H and O–H groups in total. The van der Waals surface area contributed by atoms with E-state index < -0.39 is 4.92 Å². The van der Waals surface area contributed by atoms with Gasteiger partial charge in [-0.2, -0.15) is 0 Å². The van der Waals surface area contributed by atoms with Gasteiger partial charge in [0.1, 0.15) is 5.58 Å². The van der Waals surface area contributed by atoms with Gasteiger partial charge in [-0.1, -0.05) is 30.3 Å². The lowest BCUT2D eigenvalue weighted by Gasteiger charge is -2.10. The molecule has 0 bridgehead atoms. The van der Waals surface area contributed by atoms with Crippen LogP contribution in [0, 0.1) is 10.1 Å². The zero-order valence-electron chi connectivity index (χ0n) is 11.2. The number of benzene rings is 2. The molecule has 0 saturated carbocycles. The Hall–Kier alpha value is -2.66. The third kappa shape index (κ3) is 2.64. The molecule has 3 aromatic rings. The van der Waals surface area contributed by atoms with Gasteiger partial charge >= 0.3 is 0 Å². The van der Waals surface area contributed by atoms with E-state index in [1.165, 1.54) is 12.1 Å². The van der Waals surface area contributed by atoms with Gasteiger partial charge < -0.3 is 10.2 Å². The largest absolute Gasteiger partial charge is 0.464 e. The van der Waals surface area contributed by atoms with Gasteiger partial charge in [0, 0.05) is 29.1 Å². The molecule has 1 heterocycles. The lowest BCUT2D eigenvalue weighted by atomic mass is 9.99. The maximum absolute atomic E-state index is 10.6. The Morgan fingerprint density at radius 3 is 2.57 bits per heavy atom. The topological polar surface area (TPSA) is 82.3 Å². The zero-order valence-corrected chi connectivity index (χ0v) is 11.2. The SMILES string of the molecule is NC(Cc1ccc([N+](=O)[O-])cc1)c1coc2ccccc12. The van der Waals surface area contributed by atoms with Gasteiger partial charge in [-0.05, 0) is 18.1 Å². The fraction of sp³-hybridized carbons (Fsp3) is 0.125. The molecule has 5 heteroatoms. The smallest absolute Gasteiger partial charge is 0.269 e. The number of nitrogens with two attached hydrogens (primary N) is 1. The van der Waals surface area contributed by atoms with Crippen LogP contribution in [0.1, 0.15) is 17.2 Å². The summed E-state index contributed by atoms with van der Waals surface area (Å²) in [5.74, 6) is 0. The fourth-order valence-electron chi connectivity index (χ4n) is 2.40. The number of para-hydroxylation sites is 1. The summed E-state index contributed by atoms with van der Waals surface area (Å²) in [5, 5.41) is 11.6. The molecule has 2 aromatic carbocycles. The van der Waals surface area contributed by atoms with Crippen molar-refractivity contribution < 1.29 is 9.34 Å². The van der Waals surface area contributed by atoms with E-state index >= 15 is 0 Å². The summed E-state index contributed by atoms with van der Waals surface area (Å²) >= 11 is 0. The van der Waals surface area contributed by atoms with Crippen LogP contribution in [0.15, 0.2) is 59.2 Å². The average Bonchev–Trinajstić information content (AvgIpc) is 2.92. The first-order valence-electron chi connectivity index (χ1n) is 6.60. The predicted molar refractivity (Wildman–Crippen MR) is 79.9 cm³/mol. The van der Waals surface area contributed by atoms with E-state index in [2.05, 4.69) is 0 Å². The van der Waals surface area contributed by atoms with Gasteiger partial charge in [-0.15, -0.1) is 0 Å². The summed E-state index contributed by atoms with van der Waals surface area (Å²) in [7, 11) is 0. The minimum atomic E-state index is -0.409. The van der Waals surface area contributed by atoms with Gasteiger partial charge in [0.15, 0.2) is 0 Å². The first kappa shape index (κ1) is 13.3. The van der Waals surface area contributed by atoms with Crippen LogP contribution in [0.5, 0.6) is 0 Å². The number of hydrogen-bond donors (Lipinski definition) is 1. The van der Waals surface area contributed by atoms with E-state index in [9.17, 15) is 10.1 Å². The van der Waals surface area contributed by atoms with Crippen LogP contribution in [0.25, 0.3) is 11.0 Å². The molecule has 0 fully saturated rings. The van der Waals surface area contributed by atoms with Crippen LogP contribution in [0.2, 0.25) is 0 Å². The van der Waals surface area contributed by atoms with Crippen molar-refractivity contribution in [3.05, 3.63) is 76.0 Å². The summed E-state index contributed by atoms with van der Waals surface area (Å²) in [6, 6.07) is 14.0. The van der Waals surface area contributed by atoms with Crippen molar-refractivity contribution in [3.63, 3.8) is 0 Å². The molecule has 0 saturated heterocycles. The van der Waals surface area contributed by atoms with Crippen molar-refractivity contribution in [3.8, 4) is 0 Å². The Bertz CT molecular complexity index is 778. The highest BCUT2D eigenvalue weighted by Crippen LogP contribution is 2.27. The third-order valence-electron chi connectivity index (χ3n) is 3.51. The van der Waals surface area contributed by atoms with Crippen LogP contribution in [-0.4, -0.2) is 4.92 Å². The van der Waals surface area contributed by atoms with Gasteiger partial charge in [0.25, 0.3) is 5.69 Å². The van der Waals surface area contributed by atoms with E-state index in [4.69, 9.17) is 10.2 Å². The number of furan rings is 1. The summed E-state index contributed by atoms with van der Waals surface area (Å²) in [6.45, 7) is 0. The van der Waals surface area contributed by atoms with Gasteiger partial charge in [0.2, 0.25) is 0 Å². The second kappa shape index (κ2) is 5.38. The number of nitrogens with zero attached hydrogens (tertiary/aromatic N) is 1. The van der Waals surface area contributed by atoms with Gasteiger partial charge in [-0.3, -0.25) is 10.1 Å². The maximum Gasteiger partial charge on any atom is 0.269 e. The van der Waals surface area contributed by atoms with Crippen molar-refractivity contribution >= 4 is 16.7 Å². The number of rotatable bonds is 4. The monoisotopic (exact) mass is 282 g/mol. The average molecular weight is 282 g/mol. The van der Waals surface area contributed by atoms with Crippen LogP contribution < -0.4 is 5.73 Å². The molecule has 1 unspecified atom stereocenters. The van der Waals surface area contributed by atoms with Crippen molar-refractivity contribution in [2.75, 3.05) is 0 Å². The molecule has 0 amide bonds. The molecule has 3 rings (SSSR count). The number of hydrogen-bond acceptors (Lipinski definition) is 4. The zero-order chi connectivity index (χ0) is 14.8. The molecule has 5 nitrogen and oxygen atoms in total. The standard InChI is InChI=1S/C16H14N2O3/c17-15(9-11-5-7-12(8-6-11)18(19)20)14-10-21-16-4-2-1-3-13(14)16/h1-8,10,15H,9,17H2. The molecule has 0 radical (unpaired) electrons. The number of nitro groups is 1. The maximum atomic E-state index is 10.6. The van der Waals surface area contributed by atoms with Crippen molar-refractivity contribution in [2.24, 2.45) is 5.73 Å². The highest BCUT2D eigenvalue weighted by molar-refractivity contribution is 5.81. The van der Waals surface area contributed by atoms with Crippen molar-refractivity contribution in [1.29, 1.82) is 0 Å². The fourth-order valence-corrected chi connectivity index (χ4v) is 2.40. The summed E-state index contributed by atoms with van der Waals surface area (Å²) in [5.41, 5.74) is 9.04. The number of fused-ring (bicyclic) bond motifs is 1. The predicted octanol–water partition coefficient (Wildman–Crippen LogP) is 3.58. The number of non-ortho nitro benzene ring substituents is 1.